The molecule has 4 rings (SSSR count). The Kier molecular flexibility index (Phi) is 7.21. The monoisotopic (exact) mass is 509 g/mol. The number of nitrogens with zero attached hydrogens (tertiary/aromatic N) is 1. The van der Waals surface area contributed by atoms with E-state index in [4.69, 9.17) is 9.15 Å². The van der Waals surface area contributed by atoms with Gasteiger partial charge in [0.2, 0.25) is 5.91 Å². The number of hydrogen-bond acceptors (Lipinski definition) is 6. The third-order valence-electron chi connectivity index (χ3n) is 5.46. The van der Waals surface area contributed by atoms with Crippen molar-refractivity contribution in [3.63, 3.8) is 0 Å². The SMILES string of the molecule is CCCC(=O)N(c1ccc2oc(-c3ccccc3)c(C(=O)OCC)c2c1)S(=O)(=O)c1ccc(F)cc1. The fourth-order valence-corrected chi connectivity index (χ4v) is 5.30. The van der Waals surface area contributed by atoms with E-state index in [2.05, 4.69) is 0 Å². The minimum Gasteiger partial charge on any atom is -0.462 e. The van der Waals surface area contributed by atoms with E-state index in [-0.39, 0.29) is 34.9 Å². The maximum Gasteiger partial charge on any atom is 0.342 e. The molecule has 36 heavy (non-hydrogen) atoms. The molecule has 0 spiro atoms. The van der Waals surface area contributed by atoms with E-state index in [1.807, 2.05) is 6.07 Å². The van der Waals surface area contributed by atoms with E-state index in [0.29, 0.717) is 27.3 Å². The van der Waals surface area contributed by atoms with E-state index in [1.54, 1.807) is 38.1 Å². The van der Waals surface area contributed by atoms with Gasteiger partial charge in [0, 0.05) is 17.4 Å². The second-order valence-corrected chi connectivity index (χ2v) is 9.73. The van der Waals surface area contributed by atoms with Gasteiger partial charge >= 0.3 is 5.97 Å². The molecule has 1 amide bonds. The summed E-state index contributed by atoms with van der Waals surface area (Å²) in [6.07, 6.45) is 0.373. The summed E-state index contributed by atoms with van der Waals surface area (Å²) < 4.78 is 52.4. The molecule has 0 saturated heterocycles. The quantitative estimate of drug-likeness (QED) is 0.273. The van der Waals surface area contributed by atoms with Crippen LogP contribution in [-0.2, 0) is 19.6 Å². The first-order valence-corrected chi connectivity index (χ1v) is 12.8. The lowest BCUT2D eigenvalue weighted by atomic mass is 10.1. The van der Waals surface area contributed by atoms with Crippen LogP contribution in [0.5, 0.6) is 0 Å². The van der Waals surface area contributed by atoms with Gasteiger partial charge in [-0.1, -0.05) is 37.3 Å². The van der Waals surface area contributed by atoms with Crippen molar-refractivity contribution < 1.29 is 31.6 Å². The number of hydrogen-bond donors (Lipinski definition) is 0. The number of ether oxygens (including phenoxy) is 1. The zero-order valence-electron chi connectivity index (χ0n) is 19.7. The first kappa shape index (κ1) is 25.1. The largest absolute Gasteiger partial charge is 0.462 e. The molecule has 0 bridgehead atoms. The van der Waals surface area contributed by atoms with Crippen LogP contribution in [0.3, 0.4) is 0 Å². The molecule has 0 unspecified atom stereocenters. The van der Waals surface area contributed by atoms with Gasteiger partial charge in [0.1, 0.15) is 22.7 Å². The Balaban J connectivity index is 1.94. The number of rotatable bonds is 8. The van der Waals surface area contributed by atoms with Crippen LogP contribution in [0.2, 0.25) is 0 Å². The molecular weight excluding hydrogens is 485 g/mol. The van der Waals surface area contributed by atoms with Crippen molar-refractivity contribution in [2.45, 2.75) is 31.6 Å². The summed E-state index contributed by atoms with van der Waals surface area (Å²) in [6.45, 7) is 3.55. The molecule has 1 aromatic heterocycles. The van der Waals surface area contributed by atoms with Gasteiger partial charge in [-0.15, -0.1) is 0 Å². The van der Waals surface area contributed by atoms with Crippen LogP contribution in [0, 0.1) is 5.82 Å². The number of anilines is 1. The van der Waals surface area contributed by atoms with Gasteiger partial charge in [-0.25, -0.2) is 21.9 Å². The van der Waals surface area contributed by atoms with E-state index in [0.717, 1.165) is 24.3 Å². The van der Waals surface area contributed by atoms with Crippen molar-refractivity contribution in [3.8, 4) is 11.3 Å². The summed E-state index contributed by atoms with van der Waals surface area (Å²) in [6, 6.07) is 17.6. The Morgan fingerprint density at radius 1 is 0.972 bits per heavy atom. The van der Waals surface area contributed by atoms with Crippen LogP contribution in [0.25, 0.3) is 22.3 Å². The van der Waals surface area contributed by atoms with Gasteiger partial charge < -0.3 is 9.15 Å². The molecule has 0 N–H and O–H groups in total. The summed E-state index contributed by atoms with van der Waals surface area (Å²) in [7, 11) is -4.38. The second kappa shape index (κ2) is 10.3. The molecule has 9 heteroatoms. The Labute approximate surface area is 208 Å². The highest BCUT2D eigenvalue weighted by Gasteiger charge is 2.32. The lowest BCUT2D eigenvalue weighted by molar-refractivity contribution is -0.117. The first-order chi connectivity index (χ1) is 17.3. The minimum atomic E-state index is -4.38. The number of carbonyl (C=O) groups is 2. The zero-order chi connectivity index (χ0) is 25.9. The number of esters is 1. The van der Waals surface area contributed by atoms with Crippen LogP contribution in [-0.4, -0.2) is 26.9 Å². The van der Waals surface area contributed by atoms with Gasteiger partial charge in [0.15, 0.2) is 0 Å². The van der Waals surface area contributed by atoms with Gasteiger partial charge in [0.05, 0.1) is 17.2 Å². The molecule has 3 aromatic carbocycles. The topological polar surface area (TPSA) is 93.9 Å². The third-order valence-corrected chi connectivity index (χ3v) is 7.23. The van der Waals surface area contributed by atoms with E-state index >= 15 is 0 Å². The van der Waals surface area contributed by atoms with Gasteiger partial charge in [-0.3, -0.25) is 4.79 Å². The Morgan fingerprint density at radius 2 is 1.67 bits per heavy atom. The molecule has 0 saturated carbocycles. The van der Waals surface area contributed by atoms with E-state index in [1.165, 1.54) is 18.2 Å². The number of furan rings is 1. The molecule has 7 nitrogen and oxygen atoms in total. The van der Waals surface area contributed by atoms with Crippen molar-refractivity contribution in [1.82, 2.24) is 0 Å². The fraction of sp³-hybridized carbons (Fsp3) is 0.185. The van der Waals surface area contributed by atoms with Crippen LogP contribution in [0.4, 0.5) is 10.1 Å². The third kappa shape index (κ3) is 4.74. The normalized spacial score (nSPS) is 11.4. The lowest BCUT2D eigenvalue weighted by Crippen LogP contribution is -2.36. The van der Waals surface area contributed by atoms with Crippen molar-refractivity contribution >= 4 is 38.6 Å². The second-order valence-electron chi connectivity index (χ2n) is 7.94. The minimum absolute atomic E-state index is 0.0243. The molecule has 0 aliphatic rings. The first-order valence-electron chi connectivity index (χ1n) is 11.4. The van der Waals surface area contributed by atoms with Crippen LogP contribution >= 0.6 is 0 Å². The summed E-state index contributed by atoms with van der Waals surface area (Å²) in [5.41, 5.74) is 1.11. The highest BCUT2D eigenvalue weighted by atomic mass is 32.2. The maximum atomic E-state index is 13.5. The Hall–Kier alpha value is -3.98. The van der Waals surface area contributed by atoms with Crippen molar-refractivity contribution in [2.75, 3.05) is 10.9 Å². The van der Waals surface area contributed by atoms with Gasteiger partial charge in [-0.2, -0.15) is 0 Å². The summed E-state index contributed by atoms with van der Waals surface area (Å²) in [5.74, 6) is -1.63. The van der Waals surface area contributed by atoms with Gasteiger partial charge in [0.25, 0.3) is 10.0 Å². The molecule has 4 aromatic rings. The molecule has 186 valence electrons. The highest BCUT2D eigenvalue weighted by molar-refractivity contribution is 7.93. The number of sulfonamides is 1. The Bertz CT molecular complexity index is 1510. The number of benzene rings is 3. The number of carbonyl (C=O) groups excluding carboxylic acids is 2. The number of halogens is 1. The standard InChI is InChI=1S/C27H24FNO6S/c1-3-8-24(30)29(36(32,33)21-14-11-19(28)12-15-21)20-13-16-23-22(17-20)25(27(31)34-4-2)26(35-23)18-9-6-5-7-10-18/h5-7,9-17H,3-4,8H2,1-2H3. The van der Waals surface area contributed by atoms with Crippen molar-refractivity contribution in [1.29, 1.82) is 0 Å². The highest BCUT2D eigenvalue weighted by Crippen LogP contribution is 2.37. The van der Waals surface area contributed by atoms with E-state index < -0.39 is 27.7 Å². The van der Waals surface area contributed by atoms with E-state index in [9.17, 15) is 22.4 Å². The van der Waals surface area contributed by atoms with Crippen molar-refractivity contribution in [2.24, 2.45) is 0 Å². The van der Waals surface area contributed by atoms with Crippen molar-refractivity contribution in [3.05, 3.63) is 84.2 Å². The molecule has 0 atom stereocenters. The van der Waals surface area contributed by atoms with Crippen LogP contribution in [0.15, 0.2) is 82.1 Å². The lowest BCUT2D eigenvalue weighted by Gasteiger charge is -2.22. The number of amides is 1. The predicted octanol–water partition coefficient (Wildman–Crippen LogP) is 5.94. The number of fused-ring (bicyclic) bond motifs is 1. The molecule has 0 fully saturated rings. The summed E-state index contributed by atoms with van der Waals surface area (Å²) in [5, 5.41) is 0.299. The van der Waals surface area contributed by atoms with Gasteiger partial charge in [-0.05, 0) is 55.8 Å². The zero-order valence-corrected chi connectivity index (χ0v) is 20.5. The van der Waals surface area contributed by atoms with Crippen LogP contribution < -0.4 is 4.31 Å². The molecular formula is C27H24FNO6S. The average molecular weight is 510 g/mol. The average Bonchev–Trinajstić information content (AvgIpc) is 3.24. The summed E-state index contributed by atoms with van der Waals surface area (Å²) in [4.78, 5) is 25.8. The Morgan fingerprint density at radius 3 is 2.31 bits per heavy atom. The van der Waals surface area contributed by atoms with Crippen LogP contribution in [0.1, 0.15) is 37.0 Å². The molecule has 0 aliphatic heterocycles. The maximum absolute atomic E-state index is 13.5. The molecule has 0 radical (unpaired) electrons. The predicted molar refractivity (Wildman–Crippen MR) is 134 cm³/mol. The molecule has 1 heterocycles. The smallest absolute Gasteiger partial charge is 0.342 e. The fourth-order valence-electron chi connectivity index (χ4n) is 3.85. The summed E-state index contributed by atoms with van der Waals surface area (Å²) >= 11 is 0. The molecule has 0 aliphatic carbocycles.